The Hall–Kier alpha value is -1.46. The molecule has 0 aliphatic heterocycles. The lowest BCUT2D eigenvalue weighted by atomic mass is 10.4. The fourth-order valence-corrected chi connectivity index (χ4v) is 5.19. The largest absolute Gasteiger partial charge is 0.406 e. The number of benzene rings is 2. The number of rotatable bonds is 7. The van der Waals surface area contributed by atoms with Crippen LogP contribution >= 0.6 is 0 Å². The van der Waals surface area contributed by atoms with Crippen molar-refractivity contribution in [3.63, 3.8) is 0 Å². The van der Waals surface area contributed by atoms with E-state index in [0.717, 1.165) is 16.8 Å². The summed E-state index contributed by atoms with van der Waals surface area (Å²) in [4.78, 5) is 0. The SMILES string of the molecule is CO[Si](OCCCN)(c1ccccc1)c1ccccc1. The molecule has 0 atom stereocenters. The van der Waals surface area contributed by atoms with Crippen molar-refractivity contribution in [3.8, 4) is 0 Å². The predicted octanol–water partition coefficient (Wildman–Crippen LogP) is 1.25. The molecule has 0 saturated heterocycles. The maximum Gasteiger partial charge on any atom is 0.406 e. The molecule has 0 aliphatic carbocycles. The van der Waals surface area contributed by atoms with Crippen LogP contribution in [0.2, 0.25) is 0 Å². The summed E-state index contributed by atoms with van der Waals surface area (Å²) in [5, 5.41) is 2.23. The first-order valence-electron chi connectivity index (χ1n) is 6.83. The Bertz CT molecular complexity index is 465. The van der Waals surface area contributed by atoms with Crippen LogP contribution in [0.1, 0.15) is 6.42 Å². The van der Waals surface area contributed by atoms with E-state index in [1.165, 1.54) is 0 Å². The summed E-state index contributed by atoms with van der Waals surface area (Å²) in [5.41, 5.74) is 5.57. The minimum Gasteiger partial charge on any atom is -0.391 e. The van der Waals surface area contributed by atoms with Crippen molar-refractivity contribution in [2.75, 3.05) is 20.3 Å². The molecule has 2 aromatic rings. The third-order valence-corrected chi connectivity index (χ3v) is 6.62. The Morgan fingerprint density at radius 1 is 0.900 bits per heavy atom. The van der Waals surface area contributed by atoms with Gasteiger partial charge in [0.15, 0.2) is 0 Å². The molecule has 0 aliphatic rings. The van der Waals surface area contributed by atoms with E-state index < -0.39 is 8.56 Å². The van der Waals surface area contributed by atoms with Crippen LogP contribution in [0.25, 0.3) is 0 Å². The van der Waals surface area contributed by atoms with Gasteiger partial charge in [-0.05, 0) is 23.3 Å². The third-order valence-electron chi connectivity index (χ3n) is 3.25. The molecule has 2 rings (SSSR count). The molecule has 0 amide bonds. The normalized spacial score (nSPS) is 11.5. The van der Waals surface area contributed by atoms with Gasteiger partial charge < -0.3 is 14.6 Å². The van der Waals surface area contributed by atoms with Gasteiger partial charge in [-0.15, -0.1) is 0 Å². The molecular formula is C16H21NO2Si. The Morgan fingerprint density at radius 3 is 1.80 bits per heavy atom. The topological polar surface area (TPSA) is 44.5 Å². The van der Waals surface area contributed by atoms with Gasteiger partial charge in [-0.1, -0.05) is 60.7 Å². The second kappa shape index (κ2) is 7.35. The lowest BCUT2D eigenvalue weighted by Gasteiger charge is -2.29. The van der Waals surface area contributed by atoms with Gasteiger partial charge in [-0.3, -0.25) is 0 Å². The van der Waals surface area contributed by atoms with Gasteiger partial charge in [0.25, 0.3) is 0 Å². The van der Waals surface area contributed by atoms with Gasteiger partial charge >= 0.3 is 8.56 Å². The summed E-state index contributed by atoms with van der Waals surface area (Å²) in [5.74, 6) is 0. The van der Waals surface area contributed by atoms with Crippen LogP contribution in [0, 0.1) is 0 Å². The van der Waals surface area contributed by atoms with Gasteiger partial charge in [0.1, 0.15) is 0 Å². The summed E-state index contributed by atoms with van der Waals surface area (Å²) in [6.45, 7) is 1.23. The lowest BCUT2D eigenvalue weighted by molar-refractivity contribution is 0.222. The Morgan fingerprint density at radius 2 is 1.40 bits per heavy atom. The van der Waals surface area contributed by atoms with Crippen molar-refractivity contribution in [2.24, 2.45) is 5.73 Å². The zero-order valence-corrected chi connectivity index (χ0v) is 12.8. The van der Waals surface area contributed by atoms with Gasteiger partial charge in [0.2, 0.25) is 0 Å². The summed E-state index contributed by atoms with van der Waals surface area (Å²) in [6, 6.07) is 20.4. The van der Waals surface area contributed by atoms with Crippen LogP contribution in [0.3, 0.4) is 0 Å². The molecule has 0 fully saturated rings. The molecule has 2 N–H and O–H groups in total. The van der Waals surface area contributed by atoms with Crippen LogP contribution in [-0.2, 0) is 8.85 Å². The Balaban J connectivity index is 2.41. The average molecular weight is 287 g/mol. The molecule has 20 heavy (non-hydrogen) atoms. The van der Waals surface area contributed by atoms with Crippen LogP contribution in [0.15, 0.2) is 60.7 Å². The summed E-state index contributed by atoms with van der Waals surface area (Å²) in [7, 11) is -0.884. The highest BCUT2D eigenvalue weighted by atomic mass is 28.4. The highest BCUT2D eigenvalue weighted by Gasteiger charge is 2.41. The molecule has 2 aromatic carbocycles. The number of hydrogen-bond acceptors (Lipinski definition) is 3. The van der Waals surface area contributed by atoms with Crippen molar-refractivity contribution in [2.45, 2.75) is 6.42 Å². The van der Waals surface area contributed by atoms with Crippen molar-refractivity contribution >= 4 is 18.9 Å². The maximum absolute atomic E-state index is 6.23. The Labute approximate surface area is 121 Å². The highest BCUT2D eigenvalue weighted by Crippen LogP contribution is 2.09. The lowest BCUT2D eigenvalue weighted by Crippen LogP contribution is -2.63. The Kier molecular flexibility index (Phi) is 5.49. The second-order valence-electron chi connectivity index (χ2n) is 4.54. The zero-order valence-electron chi connectivity index (χ0n) is 11.8. The van der Waals surface area contributed by atoms with Crippen LogP contribution in [0.5, 0.6) is 0 Å². The molecule has 106 valence electrons. The van der Waals surface area contributed by atoms with Gasteiger partial charge in [0, 0.05) is 13.7 Å². The van der Waals surface area contributed by atoms with E-state index >= 15 is 0 Å². The van der Waals surface area contributed by atoms with Crippen LogP contribution in [0.4, 0.5) is 0 Å². The molecule has 3 nitrogen and oxygen atoms in total. The quantitative estimate of drug-likeness (QED) is 0.616. The van der Waals surface area contributed by atoms with Crippen LogP contribution in [-0.4, -0.2) is 28.8 Å². The molecule has 0 bridgehead atoms. The first-order chi connectivity index (χ1) is 9.83. The maximum atomic E-state index is 6.23. The molecule has 0 spiro atoms. The van der Waals surface area contributed by atoms with Crippen LogP contribution < -0.4 is 16.1 Å². The summed E-state index contributed by atoms with van der Waals surface area (Å²) < 4.78 is 12.2. The molecule has 4 heteroatoms. The zero-order chi connectivity index (χ0) is 14.3. The minimum atomic E-state index is -2.61. The summed E-state index contributed by atoms with van der Waals surface area (Å²) >= 11 is 0. The van der Waals surface area contributed by atoms with E-state index in [0.29, 0.717) is 13.2 Å². The standard InChI is InChI=1S/C16H21NO2Si/c1-18-20(19-14-8-13-17,15-9-4-2-5-10-15)16-11-6-3-7-12-16/h2-7,9-12H,8,13-14,17H2,1H3. The smallest absolute Gasteiger partial charge is 0.391 e. The van der Waals surface area contributed by atoms with E-state index in [1.54, 1.807) is 7.11 Å². The molecule has 0 radical (unpaired) electrons. The second-order valence-corrected chi connectivity index (χ2v) is 7.63. The predicted molar refractivity (Wildman–Crippen MR) is 84.5 cm³/mol. The van der Waals surface area contributed by atoms with Gasteiger partial charge in [-0.25, -0.2) is 0 Å². The van der Waals surface area contributed by atoms with E-state index in [4.69, 9.17) is 14.6 Å². The fourth-order valence-electron chi connectivity index (χ4n) is 2.24. The molecular weight excluding hydrogens is 266 g/mol. The summed E-state index contributed by atoms with van der Waals surface area (Å²) in [6.07, 6.45) is 0.831. The van der Waals surface area contributed by atoms with Gasteiger partial charge in [-0.2, -0.15) is 0 Å². The molecule has 0 unspecified atom stereocenters. The number of nitrogens with two attached hydrogens (primary N) is 1. The van der Waals surface area contributed by atoms with E-state index in [-0.39, 0.29) is 0 Å². The monoisotopic (exact) mass is 287 g/mol. The average Bonchev–Trinajstić information content (AvgIpc) is 2.54. The van der Waals surface area contributed by atoms with Crippen molar-refractivity contribution in [1.29, 1.82) is 0 Å². The molecule has 0 saturated carbocycles. The van der Waals surface area contributed by atoms with Crippen molar-refractivity contribution in [1.82, 2.24) is 0 Å². The first kappa shape index (κ1) is 14.9. The highest BCUT2D eigenvalue weighted by molar-refractivity contribution is 6.92. The first-order valence-corrected chi connectivity index (χ1v) is 8.65. The van der Waals surface area contributed by atoms with Crippen molar-refractivity contribution < 1.29 is 8.85 Å². The van der Waals surface area contributed by atoms with E-state index in [2.05, 4.69) is 24.3 Å². The van der Waals surface area contributed by atoms with E-state index in [9.17, 15) is 0 Å². The third kappa shape index (κ3) is 3.16. The minimum absolute atomic E-state index is 0.611. The molecule has 0 aromatic heterocycles. The molecule has 0 heterocycles. The van der Waals surface area contributed by atoms with Crippen molar-refractivity contribution in [3.05, 3.63) is 60.7 Å². The van der Waals surface area contributed by atoms with Gasteiger partial charge in [0.05, 0.1) is 0 Å². The fraction of sp³-hybridized carbons (Fsp3) is 0.250. The number of hydrogen-bond donors (Lipinski definition) is 1. The van der Waals surface area contributed by atoms with E-state index in [1.807, 2.05) is 36.4 Å².